The number of fused-ring (bicyclic) bond motifs is 1. The van der Waals surface area contributed by atoms with Crippen molar-refractivity contribution in [1.82, 2.24) is 19.8 Å². The highest BCUT2D eigenvalue weighted by molar-refractivity contribution is 5.97. The Morgan fingerprint density at radius 2 is 1.74 bits per heavy atom. The van der Waals surface area contributed by atoms with Crippen LogP contribution in [0, 0.1) is 0 Å². The highest BCUT2D eigenvalue weighted by Gasteiger charge is 2.25. The maximum Gasteiger partial charge on any atom is 0.261 e. The molecule has 3 rings (SSSR count). The van der Waals surface area contributed by atoms with Crippen LogP contribution in [0.3, 0.4) is 0 Å². The third-order valence-electron chi connectivity index (χ3n) is 5.17. The number of hydrogen-bond acceptors (Lipinski definition) is 7. The number of rotatable bonds is 9. The molecule has 2 heterocycles. The quantitative estimate of drug-likeness (QED) is 0.586. The van der Waals surface area contributed by atoms with Crippen molar-refractivity contribution < 1.29 is 23.9 Å². The van der Waals surface area contributed by atoms with E-state index < -0.39 is 0 Å². The number of carbonyl (C=O) groups excluding carboxylic acids is 3. The molecule has 10 nitrogen and oxygen atoms in total. The lowest BCUT2D eigenvalue weighted by Crippen LogP contribution is -2.44. The highest BCUT2D eigenvalue weighted by atomic mass is 16.5. The fraction of sp³-hybridized carbons (Fsp3) is 0.476. The normalized spacial score (nSPS) is 14.1. The van der Waals surface area contributed by atoms with Gasteiger partial charge in [0.05, 0.1) is 31.4 Å². The molecular weight excluding hydrogens is 404 g/mol. The van der Waals surface area contributed by atoms with Gasteiger partial charge in [-0.05, 0) is 18.9 Å². The van der Waals surface area contributed by atoms with Gasteiger partial charge in [-0.1, -0.05) is 0 Å². The second-order valence-electron chi connectivity index (χ2n) is 7.21. The fourth-order valence-corrected chi connectivity index (χ4v) is 3.50. The molecule has 1 fully saturated rings. The molecule has 1 aliphatic heterocycles. The minimum absolute atomic E-state index is 0.183. The molecule has 166 valence electrons. The number of nitrogens with zero attached hydrogens (tertiary/aromatic N) is 3. The zero-order valence-electron chi connectivity index (χ0n) is 17.7. The molecule has 1 aromatic carbocycles. The third kappa shape index (κ3) is 5.19. The van der Waals surface area contributed by atoms with Gasteiger partial charge in [-0.2, -0.15) is 0 Å². The Morgan fingerprint density at radius 1 is 1.06 bits per heavy atom. The Kier molecular flexibility index (Phi) is 7.22. The second-order valence-corrected chi connectivity index (χ2v) is 7.21. The summed E-state index contributed by atoms with van der Waals surface area (Å²) < 4.78 is 11.9. The SMILES string of the molecule is COc1cc2ncn(CCCC(=O)NCCN3C(=O)CCCC3=O)c(=O)c2cc1OC. The van der Waals surface area contributed by atoms with E-state index in [0.29, 0.717) is 54.6 Å². The number of aromatic nitrogens is 2. The number of benzene rings is 1. The van der Waals surface area contributed by atoms with E-state index in [-0.39, 0.29) is 42.8 Å². The monoisotopic (exact) mass is 430 g/mol. The lowest BCUT2D eigenvalue weighted by atomic mass is 10.1. The van der Waals surface area contributed by atoms with Gasteiger partial charge in [-0.25, -0.2) is 4.98 Å². The first-order valence-electron chi connectivity index (χ1n) is 10.2. The van der Waals surface area contributed by atoms with Crippen LogP contribution in [0.5, 0.6) is 11.5 Å². The largest absolute Gasteiger partial charge is 0.493 e. The number of aryl methyl sites for hydroxylation is 1. The summed E-state index contributed by atoms with van der Waals surface area (Å²) in [5.41, 5.74) is 0.270. The first-order chi connectivity index (χ1) is 14.9. The van der Waals surface area contributed by atoms with Crippen molar-refractivity contribution in [3.05, 3.63) is 28.8 Å². The molecule has 0 atom stereocenters. The van der Waals surface area contributed by atoms with Gasteiger partial charge < -0.3 is 14.8 Å². The molecule has 1 saturated heterocycles. The van der Waals surface area contributed by atoms with Crippen LogP contribution < -0.4 is 20.3 Å². The number of ether oxygens (including phenoxy) is 2. The van der Waals surface area contributed by atoms with Crippen molar-refractivity contribution in [2.45, 2.75) is 38.6 Å². The summed E-state index contributed by atoms with van der Waals surface area (Å²) in [5.74, 6) is 0.344. The van der Waals surface area contributed by atoms with Gasteiger partial charge >= 0.3 is 0 Å². The standard InChI is InChI=1S/C21H26N4O6/c1-30-16-11-14-15(12-17(16)31-2)23-13-24(21(14)29)9-4-5-18(26)22-8-10-25-19(27)6-3-7-20(25)28/h11-13H,3-10H2,1-2H3,(H,22,26). The van der Waals surface area contributed by atoms with Gasteiger partial charge in [-0.15, -0.1) is 0 Å². The van der Waals surface area contributed by atoms with Gasteiger partial charge in [0.15, 0.2) is 11.5 Å². The molecule has 0 bridgehead atoms. The second kappa shape index (κ2) is 10.1. The van der Waals surface area contributed by atoms with Crippen LogP contribution in [0.15, 0.2) is 23.3 Å². The van der Waals surface area contributed by atoms with Crippen LogP contribution in [0.1, 0.15) is 32.1 Å². The zero-order chi connectivity index (χ0) is 22.4. The minimum Gasteiger partial charge on any atom is -0.493 e. The van der Waals surface area contributed by atoms with E-state index in [1.165, 1.54) is 30.0 Å². The smallest absolute Gasteiger partial charge is 0.261 e. The third-order valence-corrected chi connectivity index (χ3v) is 5.17. The predicted octanol–water partition coefficient (Wildman–Crippen LogP) is 0.849. The fourth-order valence-electron chi connectivity index (χ4n) is 3.50. The molecule has 3 amide bonds. The Bertz CT molecular complexity index is 1030. The Hall–Kier alpha value is -3.43. The van der Waals surface area contributed by atoms with E-state index in [4.69, 9.17) is 9.47 Å². The number of piperidine rings is 1. The average molecular weight is 430 g/mol. The lowest BCUT2D eigenvalue weighted by Gasteiger charge is -2.24. The molecular formula is C21H26N4O6. The number of methoxy groups -OCH3 is 2. The van der Waals surface area contributed by atoms with Crippen LogP contribution in [0.4, 0.5) is 0 Å². The van der Waals surface area contributed by atoms with Crippen molar-refractivity contribution in [2.75, 3.05) is 27.3 Å². The summed E-state index contributed by atoms with van der Waals surface area (Å²) in [5, 5.41) is 3.11. The number of amides is 3. The molecule has 0 spiro atoms. The molecule has 1 aromatic heterocycles. The van der Waals surface area contributed by atoms with Crippen molar-refractivity contribution in [1.29, 1.82) is 0 Å². The zero-order valence-corrected chi connectivity index (χ0v) is 17.7. The summed E-state index contributed by atoms with van der Waals surface area (Å²) in [6.45, 7) is 0.727. The van der Waals surface area contributed by atoms with E-state index in [1.807, 2.05) is 0 Å². The van der Waals surface area contributed by atoms with E-state index in [2.05, 4.69) is 10.3 Å². The van der Waals surface area contributed by atoms with Crippen molar-refractivity contribution >= 4 is 28.6 Å². The summed E-state index contributed by atoms with van der Waals surface area (Å²) in [7, 11) is 3.01. The molecule has 1 N–H and O–H groups in total. The highest BCUT2D eigenvalue weighted by Crippen LogP contribution is 2.29. The molecule has 0 radical (unpaired) electrons. The van der Waals surface area contributed by atoms with E-state index in [0.717, 1.165) is 0 Å². The van der Waals surface area contributed by atoms with Crippen LogP contribution in [-0.4, -0.2) is 59.5 Å². The summed E-state index contributed by atoms with van der Waals surface area (Å²) in [4.78, 5) is 53.8. The van der Waals surface area contributed by atoms with Crippen LogP contribution >= 0.6 is 0 Å². The van der Waals surface area contributed by atoms with Crippen molar-refractivity contribution in [3.63, 3.8) is 0 Å². The van der Waals surface area contributed by atoms with Crippen LogP contribution in [0.2, 0.25) is 0 Å². The summed E-state index contributed by atoms with van der Waals surface area (Å²) in [6, 6.07) is 3.24. The topological polar surface area (TPSA) is 120 Å². The van der Waals surface area contributed by atoms with Gasteiger partial charge in [0, 0.05) is 45.0 Å². The lowest BCUT2D eigenvalue weighted by molar-refractivity contribution is -0.148. The van der Waals surface area contributed by atoms with Crippen molar-refractivity contribution in [3.8, 4) is 11.5 Å². The number of imide groups is 1. The molecule has 10 heteroatoms. The molecule has 1 aliphatic rings. The first kappa shape index (κ1) is 22.3. The Balaban J connectivity index is 1.52. The number of likely N-dealkylation sites (tertiary alicyclic amines) is 1. The molecule has 2 aromatic rings. The van der Waals surface area contributed by atoms with Gasteiger partial charge in [0.1, 0.15) is 0 Å². The number of carbonyl (C=O) groups is 3. The molecule has 31 heavy (non-hydrogen) atoms. The summed E-state index contributed by atoms with van der Waals surface area (Å²) in [6.07, 6.45) is 3.41. The van der Waals surface area contributed by atoms with Crippen molar-refractivity contribution in [2.24, 2.45) is 0 Å². The summed E-state index contributed by atoms with van der Waals surface area (Å²) >= 11 is 0. The maximum absolute atomic E-state index is 12.7. The first-order valence-corrected chi connectivity index (χ1v) is 10.2. The Morgan fingerprint density at radius 3 is 2.42 bits per heavy atom. The number of nitrogens with one attached hydrogen (secondary N) is 1. The van der Waals surface area contributed by atoms with Gasteiger partial charge in [0.2, 0.25) is 17.7 Å². The minimum atomic E-state index is -0.228. The van der Waals surface area contributed by atoms with E-state index >= 15 is 0 Å². The maximum atomic E-state index is 12.7. The number of hydrogen-bond donors (Lipinski definition) is 1. The van der Waals surface area contributed by atoms with Gasteiger partial charge in [0.25, 0.3) is 5.56 Å². The average Bonchev–Trinajstić information content (AvgIpc) is 2.76. The predicted molar refractivity (Wildman–Crippen MR) is 112 cm³/mol. The molecule has 0 saturated carbocycles. The van der Waals surface area contributed by atoms with Gasteiger partial charge in [-0.3, -0.25) is 28.6 Å². The molecule has 0 unspecified atom stereocenters. The van der Waals surface area contributed by atoms with Crippen LogP contribution in [-0.2, 0) is 20.9 Å². The van der Waals surface area contributed by atoms with Crippen LogP contribution in [0.25, 0.3) is 10.9 Å². The van der Waals surface area contributed by atoms with E-state index in [1.54, 1.807) is 12.1 Å². The Labute approximate surface area is 179 Å². The molecule has 0 aliphatic carbocycles. The van der Waals surface area contributed by atoms with E-state index in [9.17, 15) is 19.2 Å².